The third kappa shape index (κ3) is 2.81. The molecule has 0 saturated carbocycles. The van der Waals surface area contributed by atoms with E-state index in [0.29, 0.717) is 0 Å². The summed E-state index contributed by atoms with van der Waals surface area (Å²) < 4.78 is 7.96. The molecule has 17 heavy (non-hydrogen) atoms. The van der Waals surface area contributed by atoms with Gasteiger partial charge in [-0.2, -0.15) is 4.83 Å². The fourth-order valence-electron chi connectivity index (χ4n) is 1.77. The number of benzene rings is 1. The minimum absolute atomic E-state index is 0.819. The molecule has 0 bridgehead atoms. The van der Waals surface area contributed by atoms with E-state index in [1.54, 1.807) is 11.9 Å². The lowest BCUT2D eigenvalue weighted by Gasteiger charge is -2.26. The number of rotatable bonds is 3. The molecule has 2 aromatic rings. The number of fused-ring (bicyclic) bond motifs is 1. The zero-order valence-electron chi connectivity index (χ0n) is 9.39. The van der Waals surface area contributed by atoms with Crippen molar-refractivity contribution in [2.24, 2.45) is 0 Å². The summed E-state index contributed by atoms with van der Waals surface area (Å²) in [7, 11) is 0. The minimum atomic E-state index is 0.819. The van der Waals surface area contributed by atoms with Crippen LogP contribution in [0.15, 0.2) is 34.5 Å². The minimum Gasteiger partial charge on any atom is -0.379 e. The largest absolute Gasteiger partial charge is 0.379 e. The van der Waals surface area contributed by atoms with E-state index in [1.807, 2.05) is 11.3 Å². The molecule has 1 N–H and O–H groups in total. The summed E-state index contributed by atoms with van der Waals surface area (Å²) in [6.45, 7) is 3.55. The highest BCUT2D eigenvalue weighted by atomic mass is 32.2. The van der Waals surface area contributed by atoms with E-state index in [-0.39, 0.29) is 0 Å². The Kier molecular flexibility index (Phi) is 3.63. The summed E-state index contributed by atoms with van der Waals surface area (Å²) >= 11 is 3.52. The molecule has 5 heteroatoms. The number of hydrogen-bond acceptors (Lipinski definition) is 5. The Hall–Kier alpha value is -0.590. The molecule has 2 heterocycles. The Morgan fingerprint density at radius 3 is 2.88 bits per heavy atom. The lowest BCUT2D eigenvalue weighted by molar-refractivity contribution is 0.0290. The summed E-state index contributed by atoms with van der Waals surface area (Å²) in [5, 5.41) is 3.53. The van der Waals surface area contributed by atoms with Crippen LogP contribution in [0.1, 0.15) is 0 Å². The molecule has 3 nitrogen and oxygen atoms in total. The van der Waals surface area contributed by atoms with Crippen LogP contribution in [0.3, 0.4) is 0 Å². The highest BCUT2D eigenvalue weighted by Gasteiger charge is 2.10. The van der Waals surface area contributed by atoms with E-state index in [2.05, 4.69) is 40.2 Å². The van der Waals surface area contributed by atoms with Crippen LogP contribution in [-0.4, -0.2) is 31.3 Å². The maximum atomic E-state index is 5.31. The average molecular weight is 266 g/mol. The third-order valence-corrected chi connectivity index (χ3v) is 4.77. The Morgan fingerprint density at radius 2 is 2.06 bits per heavy atom. The summed E-state index contributed by atoms with van der Waals surface area (Å²) in [4.78, 5) is 3.38. The third-order valence-electron chi connectivity index (χ3n) is 2.69. The number of hydrogen-bond donors (Lipinski definition) is 1. The monoisotopic (exact) mass is 266 g/mol. The molecule has 0 spiro atoms. The molecule has 90 valence electrons. The summed E-state index contributed by atoms with van der Waals surface area (Å²) in [6, 6.07) is 10.7. The van der Waals surface area contributed by atoms with Crippen molar-refractivity contribution >= 4 is 33.4 Å². The lowest BCUT2D eigenvalue weighted by atomic mass is 10.3. The fraction of sp³-hybridized carbons (Fsp3) is 0.333. The van der Waals surface area contributed by atoms with Gasteiger partial charge in [-0.3, -0.25) is 0 Å². The van der Waals surface area contributed by atoms with Crippen molar-refractivity contribution in [3.05, 3.63) is 30.3 Å². The second kappa shape index (κ2) is 5.37. The van der Waals surface area contributed by atoms with Gasteiger partial charge in [0.05, 0.1) is 17.4 Å². The van der Waals surface area contributed by atoms with Gasteiger partial charge in [-0.05, 0) is 29.5 Å². The maximum absolute atomic E-state index is 5.31. The molecular formula is C12H14N2OS2. The molecule has 3 rings (SSSR count). The Bertz CT molecular complexity index is 461. The van der Waals surface area contributed by atoms with E-state index in [9.17, 15) is 0 Å². The Labute approximate surface area is 109 Å². The van der Waals surface area contributed by atoms with Crippen LogP contribution in [-0.2, 0) is 4.74 Å². The molecule has 1 aromatic carbocycles. The van der Waals surface area contributed by atoms with Gasteiger partial charge in [0, 0.05) is 17.8 Å². The zero-order valence-corrected chi connectivity index (χ0v) is 11.0. The molecule has 0 amide bonds. The predicted molar refractivity (Wildman–Crippen MR) is 73.2 cm³/mol. The van der Waals surface area contributed by atoms with Crippen LogP contribution in [0.2, 0.25) is 0 Å². The van der Waals surface area contributed by atoms with Crippen molar-refractivity contribution in [1.82, 2.24) is 9.84 Å². The topological polar surface area (TPSA) is 24.5 Å². The van der Waals surface area contributed by atoms with Gasteiger partial charge in [-0.25, -0.2) is 5.01 Å². The van der Waals surface area contributed by atoms with Crippen molar-refractivity contribution < 1.29 is 4.74 Å². The van der Waals surface area contributed by atoms with Crippen LogP contribution in [0.5, 0.6) is 0 Å². The second-order valence-electron chi connectivity index (χ2n) is 3.90. The van der Waals surface area contributed by atoms with Crippen LogP contribution in [0.4, 0.5) is 0 Å². The number of nitrogens with zero attached hydrogens (tertiary/aromatic N) is 1. The van der Waals surface area contributed by atoms with Crippen molar-refractivity contribution in [2.75, 3.05) is 26.3 Å². The molecular weight excluding hydrogens is 252 g/mol. The first-order chi connectivity index (χ1) is 8.42. The number of ether oxygens (including phenoxy) is 1. The molecule has 1 fully saturated rings. The second-order valence-corrected chi connectivity index (χ2v) is 6.06. The summed E-state index contributed by atoms with van der Waals surface area (Å²) in [5.74, 6) is 0. The normalized spacial score (nSPS) is 17.6. The zero-order chi connectivity index (χ0) is 11.5. The maximum Gasteiger partial charge on any atom is 0.0776 e. The molecule has 0 radical (unpaired) electrons. The Morgan fingerprint density at radius 1 is 1.24 bits per heavy atom. The average Bonchev–Trinajstić information content (AvgIpc) is 2.80. The number of nitrogens with one attached hydrogen (secondary N) is 1. The molecule has 1 aromatic heterocycles. The van der Waals surface area contributed by atoms with Crippen molar-refractivity contribution in [2.45, 2.75) is 4.21 Å². The van der Waals surface area contributed by atoms with Gasteiger partial charge in [0.1, 0.15) is 0 Å². The van der Waals surface area contributed by atoms with Gasteiger partial charge in [-0.1, -0.05) is 18.2 Å². The standard InChI is InChI=1S/C12H14N2OS2/c1-2-4-11-10(3-1)9-12(16-11)17-13-14-5-7-15-8-6-14/h1-4,9,13H,5-8H2. The quantitative estimate of drug-likeness (QED) is 0.863. The SMILES string of the molecule is c1ccc2sc(SNN3CCOCC3)cc2c1. The van der Waals surface area contributed by atoms with Crippen LogP contribution < -0.4 is 4.83 Å². The summed E-state index contributed by atoms with van der Waals surface area (Å²) in [6.07, 6.45) is 0. The molecule has 1 saturated heterocycles. The first-order valence-electron chi connectivity index (χ1n) is 5.65. The van der Waals surface area contributed by atoms with Crippen LogP contribution in [0, 0.1) is 0 Å². The number of morpholine rings is 1. The van der Waals surface area contributed by atoms with E-state index >= 15 is 0 Å². The van der Waals surface area contributed by atoms with Gasteiger partial charge in [-0.15, -0.1) is 11.3 Å². The number of thiophene rings is 1. The van der Waals surface area contributed by atoms with Gasteiger partial charge in [0.2, 0.25) is 0 Å². The van der Waals surface area contributed by atoms with Crippen molar-refractivity contribution in [1.29, 1.82) is 0 Å². The molecule has 1 aliphatic rings. The molecule has 0 unspecified atom stereocenters. The van der Waals surface area contributed by atoms with E-state index in [4.69, 9.17) is 4.74 Å². The van der Waals surface area contributed by atoms with Gasteiger partial charge in [0.15, 0.2) is 0 Å². The van der Waals surface area contributed by atoms with Crippen LogP contribution in [0.25, 0.3) is 10.1 Å². The Balaban J connectivity index is 1.64. The smallest absolute Gasteiger partial charge is 0.0776 e. The van der Waals surface area contributed by atoms with Crippen LogP contribution >= 0.6 is 23.3 Å². The molecule has 0 atom stereocenters. The summed E-state index contributed by atoms with van der Waals surface area (Å²) in [5.41, 5.74) is 0. The number of hydrazine groups is 1. The van der Waals surface area contributed by atoms with E-state index in [1.165, 1.54) is 14.3 Å². The van der Waals surface area contributed by atoms with Crippen molar-refractivity contribution in [3.8, 4) is 0 Å². The van der Waals surface area contributed by atoms with E-state index in [0.717, 1.165) is 26.3 Å². The first kappa shape index (κ1) is 11.5. The van der Waals surface area contributed by atoms with Gasteiger partial charge >= 0.3 is 0 Å². The molecule has 0 aliphatic carbocycles. The highest BCUT2D eigenvalue weighted by Crippen LogP contribution is 2.31. The fourth-order valence-corrected chi connectivity index (χ4v) is 3.70. The lowest BCUT2D eigenvalue weighted by Crippen LogP contribution is -2.42. The molecule has 1 aliphatic heterocycles. The predicted octanol–water partition coefficient (Wildman–Crippen LogP) is 2.75. The van der Waals surface area contributed by atoms with E-state index < -0.39 is 0 Å². The first-order valence-corrected chi connectivity index (χ1v) is 7.29. The van der Waals surface area contributed by atoms with Crippen molar-refractivity contribution in [3.63, 3.8) is 0 Å². The van der Waals surface area contributed by atoms with Gasteiger partial charge in [0.25, 0.3) is 0 Å². The highest BCUT2D eigenvalue weighted by molar-refractivity contribution is 7.99. The van der Waals surface area contributed by atoms with Gasteiger partial charge < -0.3 is 4.74 Å².